The fraction of sp³-hybridized carbons (Fsp3) is 0.476. The van der Waals surface area contributed by atoms with Gasteiger partial charge in [0.1, 0.15) is 0 Å². The molecule has 0 radical (unpaired) electrons. The number of carbonyl (C=O) groups is 1. The Balaban J connectivity index is 1.23. The van der Waals surface area contributed by atoms with Gasteiger partial charge in [0.25, 0.3) is 0 Å². The summed E-state index contributed by atoms with van der Waals surface area (Å²) in [5.74, 6) is 0.826. The molecule has 0 spiro atoms. The van der Waals surface area contributed by atoms with E-state index in [1.807, 2.05) is 48.1 Å². The highest BCUT2D eigenvalue weighted by Gasteiger charge is 2.16. The third-order valence-corrected chi connectivity index (χ3v) is 5.35. The first-order valence-electron chi connectivity index (χ1n) is 10.6. The number of benzene rings is 1. The Morgan fingerprint density at radius 1 is 1.23 bits per heavy atom. The largest absolute Gasteiger partial charge is 0.379 e. The second-order valence-electron chi connectivity index (χ2n) is 7.65. The second-order valence-corrected chi connectivity index (χ2v) is 7.65. The number of nitrogens with zero attached hydrogens (tertiary/aromatic N) is 7. The molecule has 10 heteroatoms. The number of nitrogens with one attached hydrogen (secondary N) is 1. The molecule has 1 aliphatic rings. The van der Waals surface area contributed by atoms with Gasteiger partial charge in [-0.15, -0.1) is 5.10 Å². The van der Waals surface area contributed by atoms with Crippen LogP contribution in [0.15, 0.2) is 42.7 Å². The van der Waals surface area contributed by atoms with Gasteiger partial charge in [0.15, 0.2) is 5.82 Å². The molecule has 3 aromatic rings. The van der Waals surface area contributed by atoms with Crippen molar-refractivity contribution >= 4 is 5.91 Å². The summed E-state index contributed by atoms with van der Waals surface area (Å²) in [5, 5.41) is 19.4. The Hall–Kier alpha value is -3.11. The van der Waals surface area contributed by atoms with Crippen LogP contribution in [0, 0.1) is 0 Å². The van der Waals surface area contributed by atoms with E-state index in [4.69, 9.17) is 4.74 Å². The van der Waals surface area contributed by atoms with Crippen LogP contribution in [0.4, 0.5) is 0 Å². The van der Waals surface area contributed by atoms with Crippen LogP contribution in [0.1, 0.15) is 37.2 Å². The Kier molecular flexibility index (Phi) is 7.00. The molecule has 0 saturated carbocycles. The highest BCUT2D eigenvalue weighted by Crippen LogP contribution is 2.14. The van der Waals surface area contributed by atoms with Gasteiger partial charge in [-0.25, -0.2) is 9.36 Å². The first kappa shape index (κ1) is 21.1. The van der Waals surface area contributed by atoms with Gasteiger partial charge in [-0.2, -0.15) is 5.10 Å². The zero-order valence-corrected chi connectivity index (χ0v) is 17.7. The smallest absolute Gasteiger partial charge is 0.220 e. The number of hydrogen-bond donors (Lipinski definition) is 1. The molecule has 2 aromatic heterocycles. The fourth-order valence-corrected chi connectivity index (χ4v) is 3.54. The number of para-hydroxylation sites is 1. The fourth-order valence-electron chi connectivity index (χ4n) is 3.54. The van der Waals surface area contributed by atoms with E-state index >= 15 is 0 Å². The summed E-state index contributed by atoms with van der Waals surface area (Å²) in [6.45, 7) is 6.52. The van der Waals surface area contributed by atoms with Crippen LogP contribution in [0.25, 0.3) is 5.69 Å². The minimum atomic E-state index is -0.116. The van der Waals surface area contributed by atoms with Gasteiger partial charge in [0.05, 0.1) is 37.7 Å². The Bertz CT molecular complexity index is 965. The van der Waals surface area contributed by atoms with E-state index in [2.05, 4.69) is 30.8 Å². The SMILES string of the molecule is C[C@@H](NC(=O)CCCn1nnnc1CN1CCOCC1)c1cnn(-c2ccccc2)c1. The van der Waals surface area contributed by atoms with Gasteiger partial charge in [0, 0.05) is 37.8 Å². The van der Waals surface area contributed by atoms with Crippen molar-refractivity contribution in [3.63, 3.8) is 0 Å². The van der Waals surface area contributed by atoms with Crippen molar-refractivity contribution in [1.29, 1.82) is 0 Å². The van der Waals surface area contributed by atoms with E-state index in [0.29, 0.717) is 25.9 Å². The maximum atomic E-state index is 12.4. The molecule has 164 valence electrons. The normalized spacial score (nSPS) is 15.6. The molecule has 1 fully saturated rings. The minimum Gasteiger partial charge on any atom is -0.379 e. The number of aromatic nitrogens is 6. The summed E-state index contributed by atoms with van der Waals surface area (Å²) in [5.41, 5.74) is 1.95. The average Bonchev–Trinajstić information content (AvgIpc) is 3.45. The molecule has 1 amide bonds. The highest BCUT2D eigenvalue weighted by molar-refractivity contribution is 5.76. The monoisotopic (exact) mass is 424 g/mol. The Morgan fingerprint density at radius 2 is 2.03 bits per heavy atom. The number of amides is 1. The summed E-state index contributed by atoms with van der Waals surface area (Å²) in [6.07, 6.45) is 4.81. The molecule has 31 heavy (non-hydrogen) atoms. The van der Waals surface area contributed by atoms with Crippen LogP contribution in [0.3, 0.4) is 0 Å². The molecule has 0 aliphatic carbocycles. The molecular formula is C21H28N8O2. The minimum absolute atomic E-state index is 0.00256. The third kappa shape index (κ3) is 5.74. The second kappa shape index (κ2) is 10.3. The predicted molar refractivity (Wildman–Crippen MR) is 113 cm³/mol. The van der Waals surface area contributed by atoms with E-state index in [1.165, 1.54) is 0 Å². The van der Waals surface area contributed by atoms with Crippen LogP contribution < -0.4 is 5.32 Å². The molecular weight excluding hydrogens is 396 g/mol. The first-order chi connectivity index (χ1) is 15.2. The summed E-state index contributed by atoms with van der Waals surface area (Å²) >= 11 is 0. The van der Waals surface area contributed by atoms with Crippen LogP contribution in [0.2, 0.25) is 0 Å². The Labute approximate surface area is 181 Å². The predicted octanol–water partition coefficient (Wildman–Crippen LogP) is 1.35. The van der Waals surface area contributed by atoms with Crippen molar-refractivity contribution in [2.45, 2.75) is 38.9 Å². The number of carbonyl (C=O) groups excluding carboxylic acids is 1. The van der Waals surface area contributed by atoms with E-state index < -0.39 is 0 Å². The van der Waals surface area contributed by atoms with E-state index in [-0.39, 0.29) is 11.9 Å². The molecule has 0 bridgehead atoms. The van der Waals surface area contributed by atoms with Gasteiger partial charge in [0.2, 0.25) is 5.91 Å². The van der Waals surface area contributed by atoms with Gasteiger partial charge in [-0.1, -0.05) is 18.2 Å². The standard InChI is InChI=1S/C21H28N8O2/c1-17(18-14-22-29(15-18)19-6-3-2-4-7-19)23-21(30)8-5-9-28-20(24-25-26-28)16-27-10-12-31-13-11-27/h2-4,6-7,14-15,17H,5,8-13,16H2,1H3,(H,23,30)/t17-/m1/s1. The molecule has 1 saturated heterocycles. The number of hydrogen-bond acceptors (Lipinski definition) is 7. The first-order valence-corrected chi connectivity index (χ1v) is 10.6. The van der Waals surface area contributed by atoms with Gasteiger partial charge >= 0.3 is 0 Å². The summed E-state index contributed by atoms with van der Waals surface area (Å²) < 4.78 is 8.98. The topological polar surface area (TPSA) is 103 Å². The quantitative estimate of drug-likeness (QED) is 0.553. The maximum Gasteiger partial charge on any atom is 0.220 e. The zero-order chi connectivity index (χ0) is 21.5. The van der Waals surface area contributed by atoms with Crippen molar-refractivity contribution < 1.29 is 9.53 Å². The van der Waals surface area contributed by atoms with Gasteiger partial charge in [-0.3, -0.25) is 9.69 Å². The zero-order valence-electron chi connectivity index (χ0n) is 17.7. The lowest BCUT2D eigenvalue weighted by Crippen LogP contribution is -2.36. The van der Waals surface area contributed by atoms with E-state index in [1.54, 1.807) is 10.9 Å². The molecule has 4 rings (SSSR count). The molecule has 1 atom stereocenters. The average molecular weight is 425 g/mol. The van der Waals surface area contributed by atoms with Crippen molar-refractivity contribution in [2.75, 3.05) is 26.3 Å². The van der Waals surface area contributed by atoms with Crippen LogP contribution in [0.5, 0.6) is 0 Å². The van der Waals surface area contributed by atoms with Crippen molar-refractivity contribution in [3.05, 3.63) is 54.1 Å². The third-order valence-electron chi connectivity index (χ3n) is 5.35. The van der Waals surface area contributed by atoms with E-state index in [9.17, 15) is 4.79 Å². The van der Waals surface area contributed by atoms with Crippen molar-refractivity contribution in [2.24, 2.45) is 0 Å². The Morgan fingerprint density at radius 3 is 2.84 bits per heavy atom. The van der Waals surface area contributed by atoms with Crippen LogP contribution >= 0.6 is 0 Å². The van der Waals surface area contributed by atoms with Gasteiger partial charge in [-0.05, 0) is 35.9 Å². The highest BCUT2D eigenvalue weighted by atomic mass is 16.5. The maximum absolute atomic E-state index is 12.4. The lowest BCUT2D eigenvalue weighted by Gasteiger charge is -2.25. The molecule has 1 aromatic carbocycles. The number of morpholine rings is 1. The van der Waals surface area contributed by atoms with Crippen molar-refractivity contribution in [3.8, 4) is 5.69 Å². The van der Waals surface area contributed by atoms with Gasteiger partial charge < -0.3 is 10.1 Å². The molecule has 1 N–H and O–H groups in total. The number of ether oxygens (including phenoxy) is 1. The summed E-state index contributed by atoms with van der Waals surface area (Å²) in [6, 6.07) is 9.78. The van der Waals surface area contributed by atoms with Crippen LogP contribution in [-0.4, -0.2) is 67.1 Å². The lowest BCUT2D eigenvalue weighted by molar-refractivity contribution is -0.121. The number of rotatable bonds is 9. The lowest BCUT2D eigenvalue weighted by atomic mass is 10.2. The van der Waals surface area contributed by atoms with Crippen LogP contribution in [-0.2, 0) is 22.6 Å². The van der Waals surface area contributed by atoms with Crippen molar-refractivity contribution in [1.82, 2.24) is 40.2 Å². The molecule has 3 heterocycles. The molecule has 10 nitrogen and oxygen atoms in total. The summed E-state index contributed by atoms with van der Waals surface area (Å²) in [4.78, 5) is 14.7. The summed E-state index contributed by atoms with van der Waals surface area (Å²) in [7, 11) is 0. The number of tetrazole rings is 1. The number of aryl methyl sites for hydroxylation is 1. The molecule has 1 aliphatic heterocycles. The van der Waals surface area contributed by atoms with E-state index in [0.717, 1.165) is 43.4 Å². The molecule has 0 unspecified atom stereocenters.